The molecule has 0 bridgehead atoms. The van der Waals surface area contributed by atoms with Crippen molar-refractivity contribution in [1.29, 1.82) is 5.26 Å². The average Bonchev–Trinajstić information content (AvgIpc) is 3.15. The number of anilines is 1. The van der Waals surface area contributed by atoms with Gasteiger partial charge in [0.05, 0.1) is 12.3 Å². The summed E-state index contributed by atoms with van der Waals surface area (Å²) in [6, 6.07) is 3.70. The van der Waals surface area contributed by atoms with E-state index >= 15 is 0 Å². The highest BCUT2D eigenvalue weighted by Crippen LogP contribution is 2.33. The first-order valence-corrected chi connectivity index (χ1v) is 6.86. The van der Waals surface area contributed by atoms with Gasteiger partial charge in [-0.15, -0.1) is 0 Å². The molecule has 108 valence electrons. The van der Waals surface area contributed by atoms with Crippen LogP contribution in [0.15, 0.2) is 18.5 Å². The van der Waals surface area contributed by atoms with Gasteiger partial charge in [-0.3, -0.25) is 5.10 Å². The van der Waals surface area contributed by atoms with Gasteiger partial charge in [-0.2, -0.15) is 10.4 Å². The summed E-state index contributed by atoms with van der Waals surface area (Å²) < 4.78 is 5.77. The molecule has 0 unspecified atom stereocenters. The molecule has 1 aliphatic rings. The summed E-state index contributed by atoms with van der Waals surface area (Å²) >= 11 is 0. The number of hydrogen-bond donors (Lipinski definition) is 2. The molecule has 7 heteroatoms. The van der Waals surface area contributed by atoms with Crippen LogP contribution < -0.4 is 5.32 Å². The zero-order chi connectivity index (χ0) is 14.7. The second-order valence-electron chi connectivity index (χ2n) is 5.08. The quantitative estimate of drug-likeness (QED) is 0.884. The van der Waals surface area contributed by atoms with Crippen LogP contribution in [0.3, 0.4) is 0 Å². The van der Waals surface area contributed by atoms with E-state index in [0.29, 0.717) is 24.1 Å². The molecule has 1 fully saturated rings. The molecule has 0 saturated carbocycles. The van der Waals surface area contributed by atoms with Gasteiger partial charge in [0.25, 0.3) is 0 Å². The van der Waals surface area contributed by atoms with Gasteiger partial charge in [0, 0.05) is 36.5 Å². The van der Waals surface area contributed by atoms with Crippen LogP contribution in [-0.2, 0) is 4.74 Å². The molecule has 1 saturated heterocycles. The third kappa shape index (κ3) is 3.01. The summed E-state index contributed by atoms with van der Waals surface area (Å²) in [6.07, 6.45) is 4.66. The number of nitriles is 1. The molecule has 2 aromatic rings. The molecular formula is C14H16N6O. The first-order chi connectivity index (χ1) is 10.3. The molecule has 0 aromatic carbocycles. The van der Waals surface area contributed by atoms with E-state index in [9.17, 15) is 0 Å². The number of aromatic nitrogens is 4. The van der Waals surface area contributed by atoms with Crippen LogP contribution in [-0.4, -0.2) is 33.3 Å². The number of hydrogen-bond acceptors (Lipinski definition) is 6. The van der Waals surface area contributed by atoms with Crippen LogP contribution in [0, 0.1) is 24.2 Å². The molecule has 2 atom stereocenters. The van der Waals surface area contributed by atoms with Crippen molar-refractivity contribution in [1.82, 2.24) is 20.2 Å². The summed E-state index contributed by atoms with van der Waals surface area (Å²) in [7, 11) is 0. The second kappa shape index (κ2) is 5.89. The Morgan fingerprint density at radius 3 is 3.19 bits per heavy atom. The van der Waals surface area contributed by atoms with Gasteiger partial charge in [0.1, 0.15) is 11.8 Å². The van der Waals surface area contributed by atoms with E-state index in [1.165, 1.54) is 0 Å². The Bertz CT molecular complexity index is 648. The van der Waals surface area contributed by atoms with Crippen molar-refractivity contribution in [3.63, 3.8) is 0 Å². The lowest BCUT2D eigenvalue weighted by Gasteiger charge is -2.17. The van der Waals surface area contributed by atoms with Crippen LogP contribution in [0.1, 0.15) is 29.5 Å². The first kappa shape index (κ1) is 13.5. The van der Waals surface area contributed by atoms with E-state index < -0.39 is 0 Å². The molecule has 2 aromatic heterocycles. The number of nitrogens with zero attached hydrogens (tertiary/aromatic N) is 4. The highest BCUT2D eigenvalue weighted by molar-refractivity contribution is 5.33. The van der Waals surface area contributed by atoms with Gasteiger partial charge >= 0.3 is 0 Å². The molecule has 1 aliphatic heterocycles. The van der Waals surface area contributed by atoms with Crippen LogP contribution in [0.25, 0.3) is 0 Å². The fourth-order valence-electron chi connectivity index (χ4n) is 2.56. The zero-order valence-corrected chi connectivity index (χ0v) is 11.7. The monoisotopic (exact) mass is 284 g/mol. The maximum absolute atomic E-state index is 8.93. The molecule has 0 amide bonds. The lowest BCUT2D eigenvalue weighted by Crippen LogP contribution is -2.19. The van der Waals surface area contributed by atoms with Crippen molar-refractivity contribution >= 4 is 5.95 Å². The number of aryl methyl sites for hydroxylation is 1. The number of ether oxygens (including phenoxy) is 1. The number of rotatable bonds is 4. The van der Waals surface area contributed by atoms with Crippen molar-refractivity contribution in [2.24, 2.45) is 5.92 Å². The van der Waals surface area contributed by atoms with Crippen LogP contribution >= 0.6 is 0 Å². The highest BCUT2D eigenvalue weighted by atomic mass is 16.5. The van der Waals surface area contributed by atoms with Gasteiger partial charge in [-0.1, -0.05) is 0 Å². The Balaban J connectivity index is 1.67. The smallest absolute Gasteiger partial charge is 0.224 e. The van der Waals surface area contributed by atoms with E-state index in [1.54, 1.807) is 12.3 Å². The van der Waals surface area contributed by atoms with Gasteiger partial charge in [-0.25, -0.2) is 9.97 Å². The second-order valence-corrected chi connectivity index (χ2v) is 5.08. The van der Waals surface area contributed by atoms with Crippen molar-refractivity contribution in [2.75, 3.05) is 18.5 Å². The minimum atomic E-state index is 0.0384. The van der Waals surface area contributed by atoms with Gasteiger partial charge in [-0.05, 0) is 19.4 Å². The predicted molar refractivity (Wildman–Crippen MR) is 75.4 cm³/mol. The fraction of sp³-hybridized carbons (Fsp3) is 0.429. The van der Waals surface area contributed by atoms with Crippen molar-refractivity contribution in [2.45, 2.75) is 19.4 Å². The molecule has 0 radical (unpaired) electrons. The van der Waals surface area contributed by atoms with Crippen molar-refractivity contribution in [3.8, 4) is 6.07 Å². The van der Waals surface area contributed by atoms with E-state index in [-0.39, 0.29) is 6.10 Å². The van der Waals surface area contributed by atoms with E-state index in [0.717, 1.165) is 24.3 Å². The van der Waals surface area contributed by atoms with Gasteiger partial charge in [0.2, 0.25) is 5.95 Å². The summed E-state index contributed by atoms with van der Waals surface area (Å²) in [5, 5.41) is 18.9. The van der Waals surface area contributed by atoms with Gasteiger partial charge in [0.15, 0.2) is 0 Å². The molecular weight excluding hydrogens is 268 g/mol. The lowest BCUT2D eigenvalue weighted by molar-refractivity contribution is 0.0933. The lowest BCUT2D eigenvalue weighted by atomic mass is 9.97. The van der Waals surface area contributed by atoms with Crippen molar-refractivity contribution in [3.05, 3.63) is 35.4 Å². The number of H-pyrrole nitrogens is 1. The fourth-order valence-corrected chi connectivity index (χ4v) is 2.56. The molecule has 3 heterocycles. The average molecular weight is 284 g/mol. The van der Waals surface area contributed by atoms with Gasteiger partial charge < -0.3 is 10.1 Å². The molecule has 0 aliphatic carbocycles. The molecule has 7 nitrogen and oxygen atoms in total. The number of aromatic amines is 1. The SMILES string of the molecule is Cc1cc(C#N)nc(NC[C@H]2CCO[C@@H]2c2cn[nH]c2)n1. The maximum Gasteiger partial charge on any atom is 0.224 e. The Labute approximate surface area is 122 Å². The largest absolute Gasteiger partial charge is 0.373 e. The molecule has 3 rings (SSSR count). The molecule has 21 heavy (non-hydrogen) atoms. The molecule has 2 N–H and O–H groups in total. The standard InChI is InChI=1S/C14H16N6O/c1-9-4-12(5-15)20-14(19-9)16-6-10-2-3-21-13(10)11-7-17-18-8-11/h4,7-8,10,13H,2-3,6H2,1H3,(H,17,18)(H,16,19,20)/t10-,13+/m1/s1. The summed E-state index contributed by atoms with van der Waals surface area (Å²) in [5.41, 5.74) is 2.21. The van der Waals surface area contributed by atoms with E-state index in [4.69, 9.17) is 10.00 Å². The summed E-state index contributed by atoms with van der Waals surface area (Å²) in [4.78, 5) is 8.46. The van der Waals surface area contributed by atoms with E-state index in [2.05, 4.69) is 25.5 Å². The Morgan fingerprint density at radius 1 is 1.52 bits per heavy atom. The van der Waals surface area contributed by atoms with Crippen molar-refractivity contribution < 1.29 is 4.74 Å². The van der Waals surface area contributed by atoms with Crippen LogP contribution in [0.2, 0.25) is 0 Å². The Morgan fingerprint density at radius 2 is 2.43 bits per heavy atom. The Kier molecular flexibility index (Phi) is 3.79. The minimum absolute atomic E-state index is 0.0384. The number of nitrogens with one attached hydrogen (secondary N) is 2. The maximum atomic E-state index is 8.93. The minimum Gasteiger partial charge on any atom is -0.373 e. The normalized spacial score (nSPS) is 21.1. The third-order valence-corrected chi connectivity index (χ3v) is 3.55. The highest BCUT2D eigenvalue weighted by Gasteiger charge is 2.30. The topological polar surface area (TPSA) is 99.5 Å². The Hall–Kier alpha value is -2.46. The van der Waals surface area contributed by atoms with Crippen LogP contribution in [0.5, 0.6) is 0 Å². The predicted octanol–water partition coefficient (Wildman–Crippen LogP) is 1.57. The summed E-state index contributed by atoms with van der Waals surface area (Å²) in [6.45, 7) is 3.28. The zero-order valence-electron chi connectivity index (χ0n) is 11.7. The summed E-state index contributed by atoms with van der Waals surface area (Å²) in [5.74, 6) is 0.821. The van der Waals surface area contributed by atoms with E-state index in [1.807, 2.05) is 19.2 Å². The van der Waals surface area contributed by atoms with Crippen LogP contribution in [0.4, 0.5) is 5.95 Å². The third-order valence-electron chi connectivity index (χ3n) is 3.55. The first-order valence-electron chi connectivity index (χ1n) is 6.86. The molecule has 0 spiro atoms.